The van der Waals surface area contributed by atoms with Gasteiger partial charge in [-0.3, -0.25) is 14.5 Å². The third-order valence-corrected chi connectivity index (χ3v) is 5.98. The highest BCUT2D eigenvalue weighted by Gasteiger charge is 2.54. The van der Waals surface area contributed by atoms with Crippen molar-refractivity contribution in [2.75, 3.05) is 20.8 Å². The molecule has 4 rings (SSSR count). The summed E-state index contributed by atoms with van der Waals surface area (Å²) in [5, 5.41) is 3.04. The van der Waals surface area contributed by atoms with Crippen molar-refractivity contribution in [3.05, 3.63) is 23.8 Å². The third-order valence-electron chi connectivity index (χ3n) is 5.98. The van der Waals surface area contributed by atoms with Gasteiger partial charge in [-0.05, 0) is 50.7 Å². The molecule has 0 bridgehead atoms. The first-order valence-electron chi connectivity index (χ1n) is 10.1. The number of rotatable bonds is 5. The molecule has 7 heteroatoms. The summed E-state index contributed by atoms with van der Waals surface area (Å²) in [6.45, 7) is 0.224. The van der Waals surface area contributed by atoms with E-state index in [9.17, 15) is 9.59 Å². The summed E-state index contributed by atoms with van der Waals surface area (Å²) in [6.07, 6.45) is 6.54. The second kappa shape index (κ2) is 7.62. The molecule has 28 heavy (non-hydrogen) atoms. The van der Waals surface area contributed by atoms with E-state index < -0.39 is 11.8 Å². The number of hydrogen-bond acceptors (Lipinski definition) is 5. The topological polar surface area (TPSA) is 77.1 Å². The first-order valence-corrected chi connectivity index (χ1v) is 10.1. The van der Waals surface area contributed by atoms with Crippen molar-refractivity contribution in [3.63, 3.8) is 0 Å². The summed E-state index contributed by atoms with van der Waals surface area (Å²) in [4.78, 5) is 28.4. The van der Waals surface area contributed by atoms with Crippen LogP contribution in [0, 0.1) is 0 Å². The van der Waals surface area contributed by atoms with Crippen molar-refractivity contribution in [1.29, 1.82) is 0 Å². The molecule has 7 nitrogen and oxygen atoms in total. The number of carbonyl (C=O) groups excluding carboxylic acids is 2. The second-order valence-corrected chi connectivity index (χ2v) is 7.83. The van der Waals surface area contributed by atoms with Crippen LogP contribution in [0.1, 0.15) is 55.3 Å². The monoisotopic (exact) mass is 388 g/mol. The minimum Gasteiger partial charge on any atom is -0.496 e. The highest BCUT2D eigenvalue weighted by Crippen LogP contribution is 2.43. The molecule has 1 atom stereocenters. The summed E-state index contributed by atoms with van der Waals surface area (Å²) in [5.74, 6) is 0.462. The molecule has 1 aromatic carbocycles. The first kappa shape index (κ1) is 19.1. The van der Waals surface area contributed by atoms with Crippen LogP contribution in [0.3, 0.4) is 0 Å². The van der Waals surface area contributed by atoms with Crippen molar-refractivity contribution in [3.8, 4) is 11.5 Å². The standard InChI is InChI=1S/C21H28N2O5/c1-26-16-7-6-8-17(27-2)18(16)20(25)23-15(19(24)22-14-9-10-14)13-28-21(23)11-4-3-5-12-21/h6-8,14-15H,3-5,9-13H2,1-2H3,(H,22,24). The molecule has 1 N–H and O–H groups in total. The van der Waals surface area contributed by atoms with E-state index in [2.05, 4.69) is 5.32 Å². The Balaban J connectivity index is 1.73. The Bertz CT molecular complexity index is 733. The molecule has 2 amide bonds. The molecule has 152 valence electrons. The second-order valence-electron chi connectivity index (χ2n) is 7.83. The van der Waals surface area contributed by atoms with Crippen molar-refractivity contribution in [2.45, 2.75) is 62.8 Å². The fraction of sp³-hybridized carbons (Fsp3) is 0.619. The summed E-state index contributed by atoms with van der Waals surface area (Å²) >= 11 is 0. The van der Waals surface area contributed by atoms with Gasteiger partial charge in [0.1, 0.15) is 28.8 Å². The van der Waals surface area contributed by atoms with E-state index in [0.717, 1.165) is 44.9 Å². The van der Waals surface area contributed by atoms with Gasteiger partial charge < -0.3 is 19.5 Å². The predicted molar refractivity (Wildman–Crippen MR) is 102 cm³/mol. The maximum atomic E-state index is 13.8. The van der Waals surface area contributed by atoms with Crippen LogP contribution in [0.15, 0.2) is 18.2 Å². The molecular formula is C21H28N2O5. The van der Waals surface area contributed by atoms with Crippen LogP contribution in [-0.4, -0.2) is 55.3 Å². The molecule has 1 heterocycles. The molecule has 3 fully saturated rings. The number of ether oxygens (including phenoxy) is 3. The number of nitrogens with zero attached hydrogens (tertiary/aromatic N) is 1. The lowest BCUT2D eigenvalue weighted by molar-refractivity contribution is -0.127. The van der Waals surface area contributed by atoms with E-state index in [0.29, 0.717) is 17.1 Å². The van der Waals surface area contributed by atoms with Crippen LogP contribution in [0.5, 0.6) is 11.5 Å². The summed E-state index contributed by atoms with van der Waals surface area (Å²) in [7, 11) is 3.05. The first-order chi connectivity index (χ1) is 13.6. The minimum absolute atomic E-state index is 0.132. The van der Waals surface area contributed by atoms with E-state index >= 15 is 0 Å². The van der Waals surface area contributed by atoms with Crippen molar-refractivity contribution < 1.29 is 23.8 Å². The van der Waals surface area contributed by atoms with Crippen LogP contribution < -0.4 is 14.8 Å². The van der Waals surface area contributed by atoms with Crippen molar-refractivity contribution >= 4 is 11.8 Å². The molecule has 2 saturated carbocycles. The number of carbonyl (C=O) groups is 2. The molecular weight excluding hydrogens is 360 g/mol. The number of amides is 2. The Morgan fingerprint density at radius 1 is 1.11 bits per heavy atom. The molecule has 1 aromatic rings. The Hall–Kier alpha value is -2.28. The lowest BCUT2D eigenvalue weighted by Gasteiger charge is -2.41. The highest BCUT2D eigenvalue weighted by atomic mass is 16.5. The minimum atomic E-state index is -0.729. The molecule has 1 saturated heterocycles. The fourth-order valence-electron chi connectivity index (χ4n) is 4.38. The SMILES string of the molecule is COc1cccc(OC)c1C(=O)N1C(C(=O)NC2CC2)COC12CCCCC2. The zero-order chi connectivity index (χ0) is 19.7. The molecule has 0 aromatic heterocycles. The van der Waals surface area contributed by atoms with Gasteiger partial charge in [-0.2, -0.15) is 0 Å². The zero-order valence-electron chi connectivity index (χ0n) is 16.5. The Morgan fingerprint density at radius 2 is 1.75 bits per heavy atom. The molecule has 3 aliphatic rings. The number of benzene rings is 1. The molecule has 1 aliphatic heterocycles. The largest absolute Gasteiger partial charge is 0.496 e. The van der Waals surface area contributed by atoms with Crippen molar-refractivity contribution in [1.82, 2.24) is 10.2 Å². The van der Waals surface area contributed by atoms with Gasteiger partial charge in [-0.15, -0.1) is 0 Å². The average Bonchev–Trinajstić information content (AvgIpc) is 3.47. The van der Waals surface area contributed by atoms with Crippen LogP contribution in [-0.2, 0) is 9.53 Å². The predicted octanol–water partition coefficient (Wildman–Crippen LogP) is 2.48. The molecule has 1 spiro atoms. The Morgan fingerprint density at radius 3 is 2.32 bits per heavy atom. The normalized spacial score (nSPS) is 23.5. The lowest BCUT2D eigenvalue weighted by atomic mass is 9.89. The average molecular weight is 388 g/mol. The van der Waals surface area contributed by atoms with Gasteiger partial charge in [-0.25, -0.2) is 0 Å². The van der Waals surface area contributed by atoms with Crippen LogP contribution in [0.4, 0.5) is 0 Å². The van der Waals surface area contributed by atoms with E-state index in [1.807, 2.05) is 0 Å². The maximum Gasteiger partial charge on any atom is 0.264 e. The van der Waals surface area contributed by atoms with E-state index in [1.54, 1.807) is 23.1 Å². The fourth-order valence-corrected chi connectivity index (χ4v) is 4.38. The quantitative estimate of drug-likeness (QED) is 0.839. The molecule has 2 aliphatic carbocycles. The van der Waals surface area contributed by atoms with Crippen molar-refractivity contribution in [2.24, 2.45) is 0 Å². The Kier molecular flexibility index (Phi) is 5.19. The van der Waals surface area contributed by atoms with Gasteiger partial charge in [-0.1, -0.05) is 12.5 Å². The maximum absolute atomic E-state index is 13.8. The van der Waals surface area contributed by atoms with E-state index in [-0.39, 0.29) is 24.5 Å². The van der Waals surface area contributed by atoms with Gasteiger partial charge in [0.15, 0.2) is 0 Å². The van der Waals surface area contributed by atoms with Crippen LogP contribution >= 0.6 is 0 Å². The van der Waals surface area contributed by atoms with Gasteiger partial charge >= 0.3 is 0 Å². The van der Waals surface area contributed by atoms with Crippen LogP contribution in [0.2, 0.25) is 0 Å². The van der Waals surface area contributed by atoms with E-state index in [1.165, 1.54) is 14.2 Å². The van der Waals surface area contributed by atoms with Gasteiger partial charge in [0, 0.05) is 6.04 Å². The summed E-state index contributed by atoms with van der Waals surface area (Å²) in [6, 6.07) is 4.84. The number of nitrogens with one attached hydrogen (secondary N) is 1. The lowest BCUT2D eigenvalue weighted by Crippen LogP contribution is -2.56. The third kappa shape index (κ3) is 3.32. The van der Waals surface area contributed by atoms with Gasteiger partial charge in [0.2, 0.25) is 5.91 Å². The van der Waals surface area contributed by atoms with Crippen LogP contribution in [0.25, 0.3) is 0 Å². The Labute approximate surface area is 165 Å². The van der Waals surface area contributed by atoms with E-state index in [4.69, 9.17) is 14.2 Å². The number of methoxy groups -OCH3 is 2. The van der Waals surface area contributed by atoms with Gasteiger partial charge in [0.05, 0.1) is 20.8 Å². The molecule has 0 radical (unpaired) electrons. The molecule has 1 unspecified atom stereocenters. The summed E-state index contributed by atoms with van der Waals surface area (Å²) in [5.41, 5.74) is -0.389. The number of hydrogen-bond donors (Lipinski definition) is 1. The summed E-state index contributed by atoms with van der Waals surface area (Å²) < 4.78 is 17.1. The highest BCUT2D eigenvalue weighted by molar-refractivity contribution is 6.02. The smallest absolute Gasteiger partial charge is 0.264 e. The van der Waals surface area contributed by atoms with Gasteiger partial charge in [0.25, 0.3) is 5.91 Å². The zero-order valence-corrected chi connectivity index (χ0v) is 16.5.